The molecule has 9 heteroatoms. The lowest BCUT2D eigenvalue weighted by Crippen LogP contribution is -2.61. The molecule has 3 N–H and O–H groups in total. The van der Waals surface area contributed by atoms with E-state index >= 15 is 0 Å². The fourth-order valence-electron chi connectivity index (χ4n) is 5.90. The zero-order valence-electron chi connectivity index (χ0n) is 22.0. The van der Waals surface area contributed by atoms with Crippen LogP contribution in [-0.4, -0.2) is 56.1 Å². The van der Waals surface area contributed by atoms with E-state index in [2.05, 4.69) is 14.9 Å². The minimum atomic E-state index is -0.208. The van der Waals surface area contributed by atoms with Gasteiger partial charge in [-0.2, -0.15) is 5.10 Å². The molecule has 2 aliphatic heterocycles. The number of nitrogens with two attached hydrogens (primary N) is 1. The van der Waals surface area contributed by atoms with Gasteiger partial charge in [-0.15, -0.1) is 0 Å². The molecule has 7 rings (SSSR count). The number of phenolic OH excluding ortho intramolecular Hbond substituents is 1. The van der Waals surface area contributed by atoms with Crippen LogP contribution in [0.1, 0.15) is 24.4 Å². The van der Waals surface area contributed by atoms with E-state index in [1.54, 1.807) is 12.1 Å². The Labute approximate surface area is 231 Å². The molecular formula is C31H30N6O3. The third-order valence-corrected chi connectivity index (χ3v) is 8.06. The Balaban J connectivity index is 1.21. The van der Waals surface area contributed by atoms with Gasteiger partial charge < -0.3 is 20.3 Å². The lowest BCUT2D eigenvalue weighted by atomic mass is 9.84. The van der Waals surface area contributed by atoms with E-state index in [4.69, 9.17) is 20.3 Å². The molecule has 9 nitrogen and oxygen atoms in total. The number of para-hydroxylation sites is 1. The second-order valence-electron chi connectivity index (χ2n) is 10.5. The summed E-state index contributed by atoms with van der Waals surface area (Å²) in [4.78, 5) is 11.4. The first kappa shape index (κ1) is 24.6. The van der Waals surface area contributed by atoms with Crippen LogP contribution in [0, 0.1) is 0 Å². The highest BCUT2D eigenvalue weighted by Crippen LogP contribution is 2.41. The minimum absolute atomic E-state index is 0.106. The number of piperidine rings is 1. The molecular weight excluding hydrogens is 504 g/mol. The Morgan fingerprint density at radius 1 is 0.925 bits per heavy atom. The Kier molecular flexibility index (Phi) is 6.10. The van der Waals surface area contributed by atoms with Crippen molar-refractivity contribution in [2.45, 2.75) is 24.4 Å². The summed E-state index contributed by atoms with van der Waals surface area (Å²) in [6.07, 6.45) is 3.51. The number of rotatable bonds is 6. The van der Waals surface area contributed by atoms with Gasteiger partial charge in [-0.3, -0.25) is 4.90 Å². The normalized spacial score (nSPS) is 18.9. The molecule has 5 aromatic rings. The van der Waals surface area contributed by atoms with Crippen molar-refractivity contribution < 1.29 is 14.6 Å². The summed E-state index contributed by atoms with van der Waals surface area (Å²) in [5.41, 5.74) is 9.78. The molecule has 0 unspecified atom stereocenters. The smallest absolute Gasteiger partial charge is 0.164 e. The number of fused-ring (bicyclic) bond motifs is 1. The Morgan fingerprint density at radius 2 is 1.68 bits per heavy atom. The van der Waals surface area contributed by atoms with Gasteiger partial charge in [-0.05, 0) is 73.5 Å². The monoisotopic (exact) mass is 534 g/mol. The molecule has 0 bridgehead atoms. The molecule has 4 heterocycles. The zero-order valence-corrected chi connectivity index (χ0v) is 22.0. The number of nitrogens with zero attached hydrogens (tertiary/aromatic N) is 5. The molecule has 2 aliphatic rings. The average Bonchev–Trinajstić information content (AvgIpc) is 3.36. The summed E-state index contributed by atoms with van der Waals surface area (Å²) < 4.78 is 13.8. The zero-order chi connectivity index (χ0) is 27.1. The van der Waals surface area contributed by atoms with E-state index in [9.17, 15) is 5.11 Å². The average molecular weight is 535 g/mol. The molecule has 2 saturated heterocycles. The molecule has 3 aromatic carbocycles. The van der Waals surface area contributed by atoms with Gasteiger partial charge in [0.25, 0.3) is 0 Å². The third-order valence-electron chi connectivity index (χ3n) is 8.06. The van der Waals surface area contributed by atoms with Crippen LogP contribution in [0.25, 0.3) is 22.3 Å². The second kappa shape index (κ2) is 9.93. The molecule has 2 aromatic heterocycles. The van der Waals surface area contributed by atoms with Crippen LogP contribution < -0.4 is 10.5 Å². The van der Waals surface area contributed by atoms with E-state index in [-0.39, 0.29) is 17.3 Å². The fraction of sp³-hybridized carbons (Fsp3) is 0.258. The Hall–Kier alpha value is -4.47. The van der Waals surface area contributed by atoms with E-state index in [1.165, 1.54) is 6.33 Å². The van der Waals surface area contributed by atoms with Crippen LogP contribution >= 0.6 is 0 Å². The Bertz CT molecular complexity index is 1630. The molecule has 2 fully saturated rings. The summed E-state index contributed by atoms with van der Waals surface area (Å²) in [6, 6.07) is 25.2. The number of anilines is 1. The number of ether oxygens (including phenoxy) is 2. The van der Waals surface area contributed by atoms with Crippen molar-refractivity contribution in [2.24, 2.45) is 0 Å². The number of phenols is 1. The number of hydrogen-bond acceptors (Lipinski definition) is 8. The lowest BCUT2D eigenvalue weighted by Gasteiger charge is -2.52. The van der Waals surface area contributed by atoms with Crippen molar-refractivity contribution in [1.82, 2.24) is 24.6 Å². The van der Waals surface area contributed by atoms with Crippen molar-refractivity contribution in [3.05, 3.63) is 90.8 Å². The van der Waals surface area contributed by atoms with Gasteiger partial charge in [0, 0.05) is 12.1 Å². The van der Waals surface area contributed by atoms with Crippen LogP contribution in [0.3, 0.4) is 0 Å². The summed E-state index contributed by atoms with van der Waals surface area (Å²) in [5, 5.41) is 15.7. The second-order valence-corrected chi connectivity index (χ2v) is 10.5. The maximum Gasteiger partial charge on any atom is 0.164 e. The Morgan fingerprint density at radius 3 is 2.40 bits per heavy atom. The topological polar surface area (TPSA) is 112 Å². The largest absolute Gasteiger partial charge is 0.508 e. The van der Waals surface area contributed by atoms with Crippen LogP contribution in [0.5, 0.6) is 17.2 Å². The van der Waals surface area contributed by atoms with Gasteiger partial charge in [0.1, 0.15) is 35.1 Å². The predicted octanol–water partition coefficient (Wildman–Crippen LogP) is 5.14. The number of hydrogen-bond donors (Lipinski definition) is 2. The summed E-state index contributed by atoms with van der Waals surface area (Å²) in [7, 11) is 0. The maximum atomic E-state index is 9.83. The SMILES string of the molecule is Nc1ncnc2c1c(-c1ccc(Oc3ccccc3)cc1)nn2[C@@H]1CCCN(C2(c3ccc(O)cc3)COC2)C1. The summed E-state index contributed by atoms with van der Waals surface area (Å²) >= 11 is 0. The molecule has 0 spiro atoms. The predicted molar refractivity (Wildman–Crippen MR) is 152 cm³/mol. The van der Waals surface area contributed by atoms with E-state index in [0.717, 1.165) is 65.3 Å². The van der Waals surface area contributed by atoms with Crippen LogP contribution in [0.15, 0.2) is 85.2 Å². The molecule has 0 saturated carbocycles. The number of aromatic hydroxyl groups is 1. The first-order valence-corrected chi connectivity index (χ1v) is 13.5. The van der Waals surface area contributed by atoms with Crippen LogP contribution in [-0.2, 0) is 10.3 Å². The van der Waals surface area contributed by atoms with Gasteiger partial charge >= 0.3 is 0 Å². The van der Waals surface area contributed by atoms with Crippen molar-refractivity contribution in [3.63, 3.8) is 0 Å². The van der Waals surface area contributed by atoms with Gasteiger partial charge in [-0.1, -0.05) is 30.3 Å². The third kappa shape index (κ3) is 4.24. The highest BCUT2D eigenvalue weighted by atomic mass is 16.5. The first-order chi connectivity index (χ1) is 19.6. The maximum absolute atomic E-state index is 9.83. The van der Waals surface area contributed by atoms with Gasteiger partial charge in [0.2, 0.25) is 0 Å². The number of aromatic nitrogens is 4. The standard InChI is InChI=1S/C31H30N6O3/c32-29-27-28(21-8-14-26(15-9-21)40-25-6-2-1-3-7-25)35-37(30(27)34-20-33-29)23-5-4-16-36(17-23)31(18-39-19-31)22-10-12-24(38)13-11-22/h1-3,6-15,20,23,38H,4-5,16-19H2,(H2,32,33,34)/t23-/m1/s1. The van der Waals surface area contributed by atoms with Crippen molar-refractivity contribution in [2.75, 3.05) is 32.0 Å². The van der Waals surface area contributed by atoms with Crippen LogP contribution in [0.2, 0.25) is 0 Å². The van der Waals surface area contributed by atoms with Crippen LogP contribution in [0.4, 0.5) is 5.82 Å². The molecule has 202 valence electrons. The number of nitrogen functional groups attached to an aromatic ring is 1. The van der Waals surface area contributed by atoms with Crippen molar-refractivity contribution in [3.8, 4) is 28.5 Å². The van der Waals surface area contributed by atoms with E-state index in [1.807, 2.05) is 71.4 Å². The molecule has 0 amide bonds. The van der Waals surface area contributed by atoms with Gasteiger partial charge in [0.15, 0.2) is 5.65 Å². The fourth-order valence-corrected chi connectivity index (χ4v) is 5.90. The van der Waals surface area contributed by atoms with Crippen molar-refractivity contribution in [1.29, 1.82) is 0 Å². The molecule has 0 radical (unpaired) electrons. The summed E-state index contributed by atoms with van der Waals surface area (Å²) in [5.74, 6) is 2.21. The summed E-state index contributed by atoms with van der Waals surface area (Å²) in [6.45, 7) is 3.02. The molecule has 1 atom stereocenters. The lowest BCUT2D eigenvalue weighted by molar-refractivity contribution is -0.155. The van der Waals surface area contributed by atoms with Gasteiger partial charge in [-0.25, -0.2) is 14.6 Å². The quantitative estimate of drug-likeness (QED) is 0.308. The molecule has 0 aliphatic carbocycles. The number of benzene rings is 3. The van der Waals surface area contributed by atoms with E-state index < -0.39 is 0 Å². The highest BCUT2D eigenvalue weighted by Gasteiger charge is 2.47. The highest BCUT2D eigenvalue weighted by molar-refractivity contribution is 5.98. The number of likely N-dealkylation sites (tertiary alicyclic amines) is 1. The van der Waals surface area contributed by atoms with Gasteiger partial charge in [0.05, 0.1) is 30.2 Å². The van der Waals surface area contributed by atoms with E-state index in [0.29, 0.717) is 19.0 Å². The minimum Gasteiger partial charge on any atom is -0.508 e. The molecule has 40 heavy (non-hydrogen) atoms. The first-order valence-electron chi connectivity index (χ1n) is 13.5. The van der Waals surface area contributed by atoms with Crippen molar-refractivity contribution >= 4 is 16.9 Å².